The quantitative estimate of drug-likeness (QED) is 0.181. The third-order valence-electron chi connectivity index (χ3n) is 7.89. The smallest absolute Gasteiger partial charge is 0.449 e. The van der Waals surface area contributed by atoms with Crippen LogP contribution in [0.2, 0.25) is 0 Å². The molecule has 3 heterocycles. The standard InChI is InChI=1S/C35H32F3N3O4/c1-5-26-18-28(31-30(40-26)21(2)15-16-39-31)32(42)41(20-27-13-14-29(45-27)35(36,37)38)19-22-9-11-23(12-10-22)24-7-6-8-25(17-24)34(3,4)33(43)44/h6-18H,5,19-20H2,1-4H3,(H,43,44). The van der Waals surface area contributed by atoms with Crippen LogP contribution in [0.5, 0.6) is 0 Å². The Bertz CT molecular complexity index is 1880. The molecule has 0 saturated heterocycles. The number of amides is 1. The van der Waals surface area contributed by atoms with Crippen molar-refractivity contribution in [1.82, 2.24) is 14.9 Å². The molecular formula is C35H32F3N3O4. The summed E-state index contributed by atoms with van der Waals surface area (Å²) < 4.78 is 45.0. The number of carbonyl (C=O) groups excluding carboxylic acids is 1. The van der Waals surface area contributed by atoms with Gasteiger partial charge in [0.05, 0.1) is 23.0 Å². The summed E-state index contributed by atoms with van der Waals surface area (Å²) in [5, 5.41) is 9.65. The van der Waals surface area contributed by atoms with E-state index >= 15 is 0 Å². The van der Waals surface area contributed by atoms with Gasteiger partial charge < -0.3 is 14.4 Å². The van der Waals surface area contributed by atoms with Crippen LogP contribution in [0.25, 0.3) is 22.2 Å². The number of halogens is 3. The minimum atomic E-state index is -4.65. The van der Waals surface area contributed by atoms with Gasteiger partial charge in [-0.2, -0.15) is 13.2 Å². The van der Waals surface area contributed by atoms with Gasteiger partial charge in [0.1, 0.15) is 11.3 Å². The summed E-state index contributed by atoms with van der Waals surface area (Å²) in [5.41, 5.74) is 4.84. The Morgan fingerprint density at radius 3 is 2.29 bits per heavy atom. The van der Waals surface area contributed by atoms with E-state index in [1.807, 2.05) is 62.4 Å². The van der Waals surface area contributed by atoms with E-state index in [0.717, 1.165) is 28.3 Å². The van der Waals surface area contributed by atoms with Crippen molar-refractivity contribution in [3.63, 3.8) is 0 Å². The number of aryl methyl sites for hydroxylation is 2. The first kappa shape index (κ1) is 31.4. The zero-order valence-electron chi connectivity index (χ0n) is 25.3. The van der Waals surface area contributed by atoms with Crippen LogP contribution in [0.4, 0.5) is 13.2 Å². The van der Waals surface area contributed by atoms with Crippen molar-refractivity contribution in [2.24, 2.45) is 0 Å². The largest absolute Gasteiger partial charge is 0.481 e. The van der Waals surface area contributed by atoms with E-state index < -0.39 is 29.2 Å². The number of fused-ring (bicyclic) bond motifs is 1. The lowest BCUT2D eigenvalue weighted by Crippen LogP contribution is -2.30. The Morgan fingerprint density at radius 1 is 0.911 bits per heavy atom. The van der Waals surface area contributed by atoms with Crippen molar-refractivity contribution >= 4 is 22.9 Å². The van der Waals surface area contributed by atoms with Crippen molar-refractivity contribution in [2.45, 2.75) is 58.8 Å². The number of hydrogen-bond donors (Lipinski definition) is 1. The third kappa shape index (κ3) is 6.60. The second kappa shape index (κ2) is 12.2. The molecule has 0 radical (unpaired) electrons. The molecule has 0 atom stereocenters. The molecule has 3 aromatic heterocycles. The Balaban J connectivity index is 1.50. The van der Waals surface area contributed by atoms with Gasteiger partial charge in [0.15, 0.2) is 0 Å². The molecule has 232 valence electrons. The highest BCUT2D eigenvalue weighted by atomic mass is 19.4. The second-order valence-electron chi connectivity index (χ2n) is 11.5. The summed E-state index contributed by atoms with van der Waals surface area (Å²) in [6.45, 7) is 6.96. The zero-order chi connectivity index (χ0) is 32.5. The molecule has 0 aliphatic rings. The molecule has 2 aromatic carbocycles. The highest BCUT2D eigenvalue weighted by Gasteiger charge is 2.35. The van der Waals surface area contributed by atoms with Gasteiger partial charge in [-0.25, -0.2) is 0 Å². The predicted molar refractivity (Wildman–Crippen MR) is 163 cm³/mol. The normalized spacial score (nSPS) is 12.0. The molecule has 0 fully saturated rings. The van der Waals surface area contributed by atoms with E-state index in [9.17, 15) is 27.9 Å². The first-order valence-electron chi connectivity index (χ1n) is 14.4. The first-order valence-corrected chi connectivity index (χ1v) is 14.4. The molecule has 0 aliphatic heterocycles. The van der Waals surface area contributed by atoms with Crippen LogP contribution in [-0.4, -0.2) is 31.9 Å². The number of alkyl halides is 3. The number of furan rings is 1. The average Bonchev–Trinajstić information content (AvgIpc) is 3.50. The van der Waals surface area contributed by atoms with Crippen LogP contribution in [0, 0.1) is 6.92 Å². The van der Waals surface area contributed by atoms with Gasteiger partial charge in [0, 0.05) is 18.4 Å². The molecule has 1 N–H and O–H groups in total. The van der Waals surface area contributed by atoms with Gasteiger partial charge in [-0.1, -0.05) is 55.5 Å². The van der Waals surface area contributed by atoms with E-state index in [-0.39, 0.29) is 18.8 Å². The van der Waals surface area contributed by atoms with Crippen LogP contribution in [0.3, 0.4) is 0 Å². The lowest BCUT2D eigenvalue weighted by molar-refractivity contribution is -0.153. The fourth-order valence-corrected chi connectivity index (χ4v) is 5.05. The Hall–Kier alpha value is -4.99. The van der Waals surface area contributed by atoms with Crippen LogP contribution in [-0.2, 0) is 35.9 Å². The maximum Gasteiger partial charge on any atom is 0.449 e. The number of hydrogen-bond acceptors (Lipinski definition) is 5. The molecule has 1 amide bonds. The summed E-state index contributed by atoms with van der Waals surface area (Å²) in [6, 6.07) is 20.3. The molecule has 0 bridgehead atoms. The van der Waals surface area contributed by atoms with E-state index in [0.29, 0.717) is 34.3 Å². The fourth-order valence-electron chi connectivity index (χ4n) is 5.05. The SMILES string of the molecule is CCc1cc(C(=O)N(Cc2ccc(-c3cccc(C(C)(C)C(=O)O)c3)cc2)Cc2ccc(C(F)(F)F)o2)c2nccc(C)c2n1. The van der Waals surface area contributed by atoms with Crippen LogP contribution < -0.4 is 0 Å². The second-order valence-corrected chi connectivity index (χ2v) is 11.5. The maximum absolute atomic E-state index is 14.2. The minimum Gasteiger partial charge on any atom is -0.481 e. The monoisotopic (exact) mass is 615 g/mol. The van der Waals surface area contributed by atoms with E-state index in [4.69, 9.17) is 4.42 Å². The molecule has 0 aliphatic carbocycles. The summed E-state index contributed by atoms with van der Waals surface area (Å²) in [6.07, 6.45) is -2.48. The first-order chi connectivity index (χ1) is 21.3. The number of aliphatic carboxylic acids is 1. The lowest BCUT2D eigenvalue weighted by atomic mass is 9.83. The van der Waals surface area contributed by atoms with Gasteiger partial charge in [0.2, 0.25) is 5.76 Å². The predicted octanol–water partition coefficient (Wildman–Crippen LogP) is 7.98. The van der Waals surface area contributed by atoms with Crippen LogP contribution in [0.15, 0.2) is 83.4 Å². The molecule has 5 rings (SSSR count). The highest BCUT2D eigenvalue weighted by molar-refractivity contribution is 6.05. The number of carboxylic acids is 1. The van der Waals surface area contributed by atoms with Crippen molar-refractivity contribution in [3.8, 4) is 11.1 Å². The number of benzene rings is 2. The van der Waals surface area contributed by atoms with Crippen LogP contribution >= 0.6 is 0 Å². The van der Waals surface area contributed by atoms with Crippen molar-refractivity contribution in [3.05, 3.63) is 118 Å². The molecule has 5 aromatic rings. The van der Waals surface area contributed by atoms with Gasteiger partial charge in [-0.15, -0.1) is 0 Å². The minimum absolute atomic E-state index is 0.0108. The topological polar surface area (TPSA) is 96.5 Å². The molecule has 0 spiro atoms. The summed E-state index contributed by atoms with van der Waals surface area (Å²) in [7, 11) is 0. The van der Waals surface area contributed by atoms with E-state index in [1.165, 1.54) is 11.0 Å². The number of carbonyl (C=O) groups is 2. The van der Waals surface area contributed by atoms with Crippen molar-refractivity contribution in [2.75, 3.05) is 0 Å². The van der Waals surface area contributed by atoms with Gasteiger partial charge in [-0.05, 0) is 79.3 Å². The molecule has 45 heavy (non-hydrogen) atoms. The van der Waals surface area contributed by atoms with Gasteiger partial charge >= 0.3 is 12.1 Å². The molecule has 0 saturated carbocycles. The van der Waals surface area contributed by atoms with E-state index in [2.05, 4.69) is 9.97 Å². The number of aromatic nitrogens is 2. The molecule has 10 heteroatoms. The zero-order valence-corrected chi connectivity index (χ0v) is 25.3. The van der Waals surface area contributed by atoms with Gasteiger partial charge in [0.25, 0.3) is 5.91 Å². The summed E-state index contributed by atoms with van der Waals surface area (Å²) in [4.78, 5) is 36.5. The van der Waals surface area contributed by atoms with Crippen LogP contribution in [0.1, 0.15) is 65.0 Å². The fraction of sp³-hybridized carbons (Fsp3) is 0.257. The number of nitrogens with zero attached hydrogens (tertiary/aromatic N) is 3. The summed E-state index contributed by atoms with van der Waals surface area (Å²) >= 11 is 0. The third-order valence-corrected chi connectivity index (χ3v) is 7.89. The Kier molecular flexibility index (Phi) is 8.51. The summed E-state index contributed by atoms with van der Waals surface area (Å²) in [5.74, 6) is -2.50. The number of carboxylic acid groups (broad SMARTS) is 1. The molecule has 0 unspecified atom stereocenters. The van der Waals surface area contributed by atoms with Gasteiger partial charge in [-0.3, -0.25) is 19.6 Å². The average molecular weight is 616 g/mol. The van der Waals surface area contributed by atoms with E-state index in [1.54, 1.807) is 32.2 Å². The van der Waals surface area contributed by atoms with Crippen molar-refractivity contribution in [1.29, 1.82) is 0 Å². The Morgan fingerprint density at radius 2 is 1.64 bits per heavy atom. The molecule has 7 nitrogen and oxygen atoms in total. The van der Waals surface area contributed by atoms with Crippen molar-refractivity contribution < 1.29 is 32.3 Å². The Labute approximate surface area is 258 Å². The lowest BCUT2D eigenvalue weighted by Gasteiger charge is -2.23. The number of rotatable bonds is 9. The number of pyridine rings is 2. The molecular weight excluding hydrogens is 583 g/mol. The maximum atomic E-state index is 14.2. The highest BCUT2D eigenvalue weighted by Crippen LogP contribution is 2.32.